The lowest BCUT2D eigenvalue weighted by molar-refractivity contribution is 0.0991. The van der Waals surface area contributed by atoms with Crippen molar-refractivity contribution in [1.29, 1.82) is 0 Å². The fourth-order valence-corrected chi connectivity index (χ4v) is 2.42. The van der Waals surface area contributed by atoms with Crippen molar-refractivity contribution in [3.8, 4) is 5.75 Å². The Bertz CT molecular complexity index is 474. The molecule has 1 aliphatic rings. The second-order valence-electron chi connectivity index (χ2n) is 5.55. The summed E-state index contributed by atoms with van der Waals surface area (Å²) in [6.45, 7) is 6.40. The zero-order valence-electron chi connectivity index (χ0n) is 13.1. The minimum atomic E-state index is 0.133. The Labute approximate surface area is 127 Å². The molecule has 0 spiro atoms. The molecule has 21 heavy (non-hydrogen) atoms. The molecule has 1 aliphatic heterocycles. The Morgan fingerprint density at radius 2 is 2.24 bits per heavy atom. The molecule has 1 aromatic carbocycles. The van der Waals surface area contributed by atoms with Crippen LogP contribution in [0.15, 0.2) is 18.2 Å². The van der Waals surface area contributed by atoms with Crippen LogP contribution in [0.3, 0.4) is 0 Å². The van der Waals surface area contributed by atoms with Gasteiger partial charge in [0.05, 0.1) is 18.8 Å². The lowest BCUT2D eigenvalue weighted by Gasteiger charge is -2.26. The zero-order chi connectivity index (χ0) is 15.1. The minimum absolute atomic E-state index is 0.133. The van der Waals surface area contributed by atoms with E-state index in [2.05, 4.69) is 24.5 Å². The number of fused-ring (bicyclic) bond motifs is 1. The molecule has 0 bridgehead atoms. The Balaban J connectivity index is 1.88. The average molecular weight is 290 g/mol. The summed E-state index contributed by atoms with van der Waals surface area (Å²) in [7, 11) is 0. The van der Waals surface area contributed by atoms with Crippen LogP contribution in [0.2, 0.25) is 0 Å². The molecule has 4 heteroatoms. The van der Waals surface area contributed by atoms with Gasteiger partial charge in [-0.05, 0) is 37.6 Å². The maximum atomic E-state index is 12.2. The maximum Gasteiger partial charge on any atom is 0.176 e. The third-order valence-electron chi connectivity index (χ3n) is 3.81. The summed E-state index contributed by atoms with van der Waals surface area (Å²) in [4.78, 5) is 12.2. The predicted molar refractivity (Wildman–Crippen MR) is 86.4 cm³/mol. The summed E-state index contributed by atoms with van der Waals surface area (Å²) in [5.74, 6) is 0.981. The van der Waals surface area contributed by atoms with Crippen molar-refractivity contribution in [1.82, 2.24) is 5.32 Å². The second kappa shape index (κ2) is 8.03. The first-order valence-corrected chi connectivity index (χ1v) is 8.03. The number of nitrogens with one attached hydrogen (secondary N) is 2. The standard InChI is InChI=1S/C17H26N2O2/c1-3-5-6-9-18-12-16(20)13-7-8-17-15(10-13)19-11-14(4-2)21-17/h7-8,10,14,18-19H,3-6,9,11-12H2,1-2H3. The predicted octanol–water partition coefficient (Wildman–Crippen LogP) is 3.23. The zero-order valence-corrected chi connectivity index (χ0v) is 13.1. The molecule has 0 saturated heterocycles. The smallest absolute Gasteiger partial charge is 0.176 e. The largest absolute Gasteiger partial charge is 0.486 e. The van der Waals surface area contributed by atoms with Crippen LogP contribution < -0.4 is 15.4 Å². The summed E-state index contributed by atoms with van der Waals surface area (Å²) in [5.41, 5.74) is 1.67. The molecule has 0 fully saturated rings. The molecule has 1 unspecified atom stereocenters. The molecule has 1 aromatic rings. The number of hydrogen-bond donors (Lipinski definition) is 2. The van der Waals surface area contributed by atoms with E-state index >= 15 is 0 Å². The number of ketones is 1. The van der Waals surface area contributed by atoms with Crippen LogP contribution in [0.4, 0.5) is 5.69 Å². The topological polar surface area (TPSA) is 50.4 Å². The van der Waals surface area contributed by atoms with E-state index in [1.54, 1.807) is 0 Å². The third-order valence-corrected chi connectivity index (χ3v) is 3.81. The molecule has 0 aromatic heterocycles. The van der Waals surface area contributed by atoms with Gasteiger partial charge in [-0.15, -0.1) is 0 Å². The number of anilines is 1. The summed E-state index contributed by atoms with van der Waals surface area (Å²) in [6, 6.07) is 5.65. The summed E-state index contributed by atoms with van der Waals surface area (Å²) >= 11 is 0. The number of rotatable bonds is 8. The van der Waals surface area contributed by atoms with Crippen LogP contribution in [-0.2, 0) is 0 Å². The number of carbonyl (C=O) groups is 1. The highest BCUT2D eigenvalue weighted by molar-refractivity contribution is 5.98. The van der Waals surface area contributed by atoms with Crippen LogP contribution >= 0.6 is 0 Å². The van der Waals surface area contributed by atoms with Crippen LogP contribution in [0, 0.1) is 0 Å². The van der Waals surface area contributed by atoms with E-state index in [0.717, 1.165) is 42.9 Å². The van der Waals surface area contributed by atoms with Gasteiger partial charge in [0.1, 0.15) is 11.9 Å². The van der Waals surface area contributed by atoms with Crippen molar-refractivity contribution in [2.45, 2.75) is 45.6 Å². The SMILES string of the molecule is CCCCCNCC(=O)c1ccc2c(c1)NCC(CC)O2. The number of hydrogen-bond acceptors (Lipinski definition) is 4. The summed E-state index contributed by atoms with van der Waals surface area (Å²) in [6.07, 6.45) is 4.74. The molecule has 0 saturated carbocycles. The van der Waals surface area contributed by atoms with Crippen LogP contribution in [0.5, 0.6) is 5.75 Å². The lowest BCUT2D eigenvalue weighted by Crippen LogP contribution is -2.30. The number of unbranched alkanes of at least 4 members (excludes halogenated alkanes) is 2. The van der Waals surface area contributed by atoms with Crippen molar-refractivity contribution < 1.29 is 9.53 Å². The monoisotopic (exact) mass is 290 g/mol. The van der Waals surface area contributed by atoms with E-state index in [4.69, 9.17) is 4.74 Å². The summed E-state index contributed by atoms with van der Waals surface area (Å²) in [5, 5.41) is 6.56. The van der Waals surface area contributed by atoms with E-state index in [9.17, 15) is 4.79 Å². The molecule has 0 aliphatic carbocycles. The van der Waals surface area contributed by atoms with E-state index < -0.39 is 0 Å². The lowest BCUT2D eigenvalue weighted by atomic mass is 10.1. The van der Waals surface area contributed by atoms with Gasteiger partial charge in [0, 0.05) is 5.56 Å². The van der Waals surface area contributed by atoms with Gasteiger partial charge in [-0.1, -0.05) is 26.7 Å². The Morgan fingerprint density at radius 1 is 1.38 bits per heavy atom. The van der Waals surface area contributed by atoms with Gasteiger partial charge in [0.15, 0.2) is 5.78 Å². The molecule has 4 nitrogen and oxygen atoms in total. The fraction of sp³-hybridized carbons (Fsp3) is 0.588. The highest BCUT2D eigenvalue weighted by Crippen LogP contribution is 2.30. The van der Waals surface area contributed by atoms with Crippen molar-refractivity contribution in [2.24, 2.45) is 0 Å². The van der Waals surface area contributed by atoms with Crippen molar-refractivity contribution in [3.63, 3.8) is 0 Å². The van der Waals surface area contributed by atoms with E-state index in [0.29, 0.717) is 6.54 Å². The van der Waals surface area contributed by atoms with E-state index in [1.807, 2.05) is 18.2 Å². The minimum Gasteiger partial charge on any atom is -0.486 e. The first-order chi connectivity index (χ1) is 10.2. The Hall–Kier alpha value is -1.55. The molecule has 0 radical (unpaired) electrons. The van der Waals surface area contributed by atoms with E-state index in [1.165, 1.54) is 12.8 Å². The third kappa shape index (κ3) is 4.46. The fourth-order valence-electron chi connectivity index (χ4n) is 2.42. The van der Waals surface area contributed by atoms with Gasteiger partial charge in [0.2, 0.25) is 0 Å². The van der Waals surface area contributed by atoms with Crippen molar-refractivity contribution >= 4 is 11.5 Å². The first kappa shape index (κ1) is 15.8. The molecule has 1 atom stereocenters. The molecule has 1 heterocycles. The Kier molecular flexibility index (Phi) is 6.05. The van der Waals surface area contributed by atoms with Crippen LogP contribution in [-0.4, -0.2) is 31.5 Å². The Morgan fingerprint density at radius 3 is 3.00 bits per heavy atom. The quantitative estimate of drug-likeness (QED) is 0.570. The first-order valence-electron chi connectivity index (χ1n) is 8.03. The number of ether oxygens (including phenoxy) is 1. The molecule has 0 amide bonds. The summed E-state index contributed by atoms with van der Waals surface area (Å²) < 4.78 is 5.85. The van der Waals surface area contributed by atoms with Crippen LogP contribution in [0.25, 0.3) is 0 Å². The molecule has 116 valence electrons. The van der Waals surface area contributed by atoms with Crippen molar-refractivity contribution in [2.75, 3.05) is 25.0 Å². The van der Waals surface area contributed by atoms with E-state index in [-0.39, 0.29) is 11.9 Å². The number of benzene rings is 1. The molecular formula is C17H26N2O2. The van der Waals surface area contributed by atoms with Gasteiger partial charge >= 0.3 is 0 Å². The van der Waals surface area contributed by atoms with Crippen molar-refractivity contribution in [3.05, 3.63) is 23.8 Å². The molecule has 2 rings (SSSR count). The normalized spacial score (nSPS) is 16.8. The van der Waals surface area contributed by atoms with Gasteiger partial charge in [-0.3, -0.25) is 4.79 Å². The van der Waals surface area contributed by atoms with Crippen LogP contribution in [0.1, 0.15) is 49.9 Å². The van der Waals surface area contributed by atoms with Gasteiger partial charge in [0.25, 0.3) is 0 Å². The highest BCUT2D eigenvalue weighted by atomic mass is 16.5. The van der Waals surface area contributed by atoms with Gasteiger partial charge in [-0.2, -0.15) is 0 Å². The maximum absolute atomic E-state index is 12.2. The highest BCUT2D eigenvalue weighted by Gasteiger charge is 2.18. The van der Waals surface area contributed by atoms with Gasteiger partial charge < -0.3 is 15.4 Å². The average Bonchev–Trinajstić information content (AvgIpc) is 2.53. The number of carbonyl (C=O) groups excluding carboxylic acids is 1. The van der Waals surface area contributed by atoms with Gasteiger partial charge in [-0.25, -0.2) is 0 Å². The second-order valence-corrected chi connectivity index (χ2v) is 5.55. The number of Topliss-reactive ketones (excluding diaryl/α,β-unsaturated/α-hetero) is 1. The molecule has 2 N–H and O–H groups in total. The molecular weight excluding hydrogens is 264 g/mol.